The molecule has 0 aliphatic heterocycles. The summed E-state index contributed by atoms with van der Waals surface area (Å²) in [5.74, 6) is 0. The van der Waals surface area contributed by atoms with Crippen LogP contribution in [0.5, 0.6) is 0 Å². The van der Waals surface area contributed by atoms with Gasteiger partial charge in [-0.25, -0.2) is 0 Å². The molecule has 0 saturated carbocycles. The number of rotatable bonds is 5. The van der Waals surface area contributed by atoms with Crippen LogP contribution in [0.15, 0.2) is 84.2 Å². The summed E-state index contributed by atoms with van der Waals surface area (Å²) < 4.78 is 0. The molecule has 0 saturated heterocycles. The van der Waals surface area contributed by atoms with Gasteiger partial charge < -0.3 is 22.1 Å². The van der Waals surface area contributed by atoms with Crippen molar-refractivity contribution in [3.63, 3.8) is 0 Å². The Morgan fingerprint density at radius 1 is 0.731 bits per heavy atom. The van der Waals surface area contributed by atoms with Crippen LogP contribution in [-0.2, 0) is 0 Å². The normalized spacial score (nSPS) is 11.6. The van der Waals surface area contributed by atoms with Crippen LogP contribution in [0.2, 0.25) is 0 Å². The molecule has 3 aromatic rings. The Balaban J connectivity index is 1.72. The lowest BCUT2D eigenvalue weighted by Crippen LogP contribution is -2.04. The molecule has 0 aromatic heterocycles. The maximum Gasteiger partial charge on any atom is 0.0617 e. The van der Waals surface area contributed by atoms with Crippen molar-refractivity contribution in [1.82, 2.24) is 0 Å². The summed E-state index contributed by atoms with van der Waals surface area (Å²) in [6.45, 7) is 3.85. The molecule has 4 heteroatoms. The zero-order valence-electron chi connectivity index (χ0n) is 15.1. The highest BCUT2D eigenvalue weighted by Gasteiger charge is 2.02. The quantitative estimate of drug-likeness (QED) is 0.474. The largest absolute Gasteiger partial charge is 0.401 e. The van der Waals surface area contributed by atoms with Crippen LogP contribution >= 0.6 is 0 Å². The van der Waals surface area contributed by atoms with Crippen molar-refractivity contribution in [2.45, 2.75) is 13.8 Å². The standard InChI is InChI=1S/C22H24N4/c1-15(23)16(2)25-19-11-7-17(8-12-19)18-9-13-20(14-10-18)26-22-6-4-3-5-21(22)24/h3-14,25-26H,23-24H2,1-2H3/b16-15-. The minimum absolute atomic E-state index is 0.733. The summed E-state index contributed by atoms with van der Waals surface area (Å²) in [6, 6.07) is 24.3. The summed E-state index contributed by atoms with van der Waals surface area (Å²) >= 11 is 0. The van der Waals surface area contributed by atoms with Crippen molar-refractivity contribution in [1.29, 1.82) is 0 Å². The maximum atomic E-state index is 5.98. The molecule has 0 unspecified atom stereocenters. The van der Waals surface area contributed by atoms with E-state index in [1.807, 2.05) is 38.1 Å². The summed E-state index contributed by atoms with van der Waals surface area (Å²) in [4.78, 5) is 0. The van der Waals surface area contributed by atoms with E-state index >= 15 is 0 Å². The molecule has 0 heterocycles. The molecule has 3 aromatic carbocycles. The molecule has 0 fully saturated rings. The highest BCUT2D eigenvalue weighted by Crippen LogP contribution is 2.26. The molecule has 4 nitrogen and oxygen atoms in total. The van der Waals surface area contributed by atoms with Crippen LogP contribution in [0.25, 0.3) is 11.1 Å². The molecule has 0 atom stereocenters. The van der Waals surface area contributed by atoms with E-state index in [1.165, 1.54) is 0 Å². The monoisotopic (exact) mass is 344 g/mol. The third kappa shape index (κ3) is 4.16. The summed E-state index contributed by atoms with van der Waals surface area (Å²) in [5.41, 5.74) is 19.5. The SMILES string of the molecule is C/C(N)=C(\C)Nc1ccc(-c2ccc(Nc3ccccc3N)cc2)cc1. The van der Waals surface area contributed by atoms with Gasteiger partial charge in [-0.1, -0.05) is 36.4 Å². The Kier molecular flexibility index (Phi) is 5.13. The van der Waals surface area contributed by atoms with Gasteiger partial charge in [0.15, 0.2) is 0 Å². The molecular formula is C22H24N4. The molecule has 26 heavy (non-hydrogen) atoms. The average Bonchev–Trinajstić information content (AvgIpc) is 2.65. The summed E-state index contributed by atoms with van der Waals surface area (Å²) in [7, 11) is 0. The Morgan fingerprint density at radius 3 is 1.81 bits per heavy atom. The number of hydrogen-bond acceptors (Lipinski definition) is 4. The second kappa shape index (κ2) is 7.66. The molecule has 3 rings (SSSR count). The van der Waals surface area contributed by atoms with Gasteiger partial charge in [0.05, 0.1) is 11.4 Å². The maximum absolute atomic E-state index is 5.98. The predicted octanol–water partition coefficient (Wildman–Crippen LogP) is 5.30. The van der Waals surface area contributed by atoms with Crippen LogP contribution in [0.4, 0.5) is 22.7 Å². The lowest BCUT2D eigenvalue weighted by Gasteiger charge is -2.11. The average molecular weight is 344 g/mol. The van der Waals surface area contributed by atoms with Gasteiger partial charge >= 0.3 is 0 Å². The number of nitrogens with two attached hydrogens (primary N) is 2. The lowest BCUT2D eigenvalue weighted by molar-refractivity contribution is 1.19. The van der Waals surface area contributed by atoms with Gasteiger partial charge in [-0.05, 0) is 61.4 Å². The highest BCUT2D eigenvalue weighted by atomic mass is 14.9. The van der Waals surface area contributed by atoms with E-state index in [9.17, 15) is 0 Å². The van der Waals surface area contributed by atoms with Gasteiger partial charge in [0, 0.05) is 22.8 Å². The van der Waals surface area contributed by atoms with E-state index in [2.05, 4.69) is 59.2 Å². The molecule has 0 radical (unpaired) electrons. The highest BCUT2D eigenvalue weighted by molar-refractivity contribution is 5.74. The fourth-order valence-electron chi connectivity index (χ4n) is 2.57. The zero-order valence-corrected chi connectivity index (χ0v) is 15.1. The van der Waals surface area contributed by atoms with E-state index in [1.54, 1.807) is 0 Å². The third-order valence-corrected chi connectivity index (χ3v) is 4.27. The van der Waals surface area contributed by atoms with Crippen LogP contribution in [-0.4, -0.2) is 0 Å². The molecule has 0 aliphatic carbocycles. The van der Waals surface area contributed by atoms with Crippen molar-refractivity contribution < 1.29 is 0 Å². The fourth-order valence-corrected chi connectivity index (χ4v) is 2.57. The molecular weight excluding hydrogens is 320 g/mol. The fraction of sp³-hybridized carbons (Fsp3) is 0.0909. The van der Waals surface area contributed by atoms with Crippen molar-refractivity contribution in [2.75, 3.05) is 16.4 Å². The molecule has 0 bridgehead atoms. The van der Waals surface area contributed by atoms with E-state index < -0.39 is 0 Å². The number of allylic oxidation sites excluding steroid dienone is 2. The first-order valence-electron chi connectivity index (χ1n) is 8.55. The molecule has 132 valence electrons. The van der Waals surface area contributed by atoms with Gasteiger partial charge in [0.25, 0.3) is 0 Å². The number of nitrogens with one attached hydrogen (secondary N) is 2. The lowest BCUT2D eigenvalue weighted by atomic mass is 10.0. The molecule has 0 aliphatic rings. The zero-order chi connectivity index (χ0) is 18.5. The topological polar surface area (TPSA) is 76.1 Å². The first kappa shape index (κ1) is 17.4. The van der Waals surface area contributed by atoms with E-state index in [4.69, 9.17) is 11.5 Å². The smallest absolute Gasteiger partial charge is 0.0617 e. The number of para-hydroxylation sites is 2. The number of nitrogen functional groups attached to an aromatic ring is 1. The Morgan fingerprint density at radius 2 is 1.27 bits per heavy atom. The Bertz CT molecular complexity index is 906. The number of benzene rings is 3. The second-order valence-corrected chi connectivity index (χ2v) is 6.30. The van der Waals surface area contributed by atoms with E-state index in [0.29, 0.717) is 0 Å². The van der Waals surface area contributed by atoms with Crippen LogP contribution in [0.1, 0.15) is 13.8 Å². The first-order chi connectivity index (χ1) is 12.5. The molecule has 0 spiro atoms. The van der Waals surface area contributed by atoms with Gasteiger partial charge in [-0.15, -0.1) is 0 Å². The third-order valence-electron chi connectivity index (χ3n) is 4.27. The van der Waals surface area contributed by atoms with E-state index in [-0.39, 0.29) is 0 Å². The van der Waals surface area contributed by atoms with Crippen molar-refractivity contribution >= 4 is 22.7 Å². The van der Waals surface area contributed by atoms with E-state index in [0.717, 1.165) is 45.3 Å². The number of anilines is 4. The molecule has 6 N–H and O–H groups in total. The van der Waals surface area contributed by atoms with Crippen LogP contribution in [0, 0.1) is 0 Å². The molecule has 0 amide bonds. The van der Waals surface area contributed by atoms with Gasteiger partial charge in [0.1, 0.15) is 0 Å². The Labute approximate surface area is 154 Å². The number of hydrogen-bond donors (Lipinski definition) is 4. The predicted molar refractivity (Wildman–Crippen MR) is 112 cm³/mol. The minimum Gasteiger partial charge on any atom is -0.401 e. The van der Waals surface area contributed by atoms with Gasteiger partial charge in [-0.3, -0.25) is 0 Å². The van der Waals surface area contributed by atoms with Crippen molar-refractivity contribution in [3.8, 4) is 11.1 Å². The summed E-state index contributed by atoms with van der Waals surface area (Å²) in [6.07, 6.45) is 0. The van der Waals surface area contributed by atoms with Crippen LogP contribution in [0.3, 0.4) is 0 Å². The van der Waals surface area contributed by atoms with Crippen LogP contribution < -0.4 is 22.1 Å². The van der Waals surface area contributed by atoms with Crippen molar-refractivity contribution in [2.24, 2.45) is 5.73 Å². The van der Waals surface area contributed by atoms with Crippen molar-refractivity contribution in [3.05, 3.63) is 84.2 Å². The van der Waals surface area contributed by atoms with Gasteiger partial charge in [0.2, 0.25) is 0 Å². The van der Waals surface area contributed by atoms with Gasteiger partial charge in [-0.2, -0.15) is 0 Å². The Hall–Kier alpha value is -3.40. The first-order valence-corrected chi connectivity index (χ1v) is 8.55. The second-order valence-electron chi connectivity index (χ2n) is 6.30. The minimum atomic E-state index is 0.733. The summed E-state index contributed by atoms with van der Waals surface area (Å²) in [5, 5.41) is 6.63.